The van der Waals surface area contributed by atoms with Crippen LogP contribution in [-0.4, -0.2) is 15.0 Å². The minimum absolute atomic E-state index is 0.256. The normalized spacial score (nSPS) is 11.8. The van der Waals surface area contributed by atoms with Crippen LogP contribution in [0.15, 0.2) is 0 Å². The molecule has 4 nitrogen and oxygen atoms in total. The average molecular weight is 160 g/mol. The van der Waals surface area contributed by atoms with Gasteiger partial charge >= 0.3 is 9.24 Å². The third-order valence-corrected chi connectivity index (χ3v) is 0.809. The van der Waals surface area contributed by atoms with E-state index in [-0.39, 0.29) is 6.61 Å². The highest BCUT2D eigenvalue weighted by Crippen LogP contribution is 1.87. The van der Waals surface area contributed by atoms with Gasteiger partial charge in [0.15, 0.2) is 0 Å². The van der Waals surface area contributed by atoms with Crippen LogP contribution in [0.4, 0.5) is 0 Å². The monoisotopic (exact) mass is 159 g/mol. The van der Waals surface area contributed by atoms with E-state index in [1.807, 2.05) is 0 Å². The van der Waals surface area contributed by atoms with Gasteiger partial charge in [-0.05, 0) is 6.92 Å². The molecule has 0 radical (unpaired) electrons. The lowest BCUT2D eigenvalue weighted by atomic mass is 10.9. The van der Waals surface area contributed by atoms with Crippen molar-refractivity contribution in [1.82, 2.24) is 4.89 Å². The summed E-state index contributed by atoms with van der Waals surface area (Å²) in [5.74, 6) is 0. The summed E-state index contributed by atoms with van der Waals surface area (Å²) in [6.45, 7) is 1.89. The van der Waals surface area contributed by atoms with Gasteiger partial charge in [0.05, 0.1) is 6.61 Å². The molecular formula is C2H6ClNO3S. The third kappa shape index (κ3) is 6.16. The molecular weight excluding hydrogens is 154 g/mol. The number of hydrogen-bond acceptors (Lipinski definition) is 3. The van der Waals surface area contributed by atoms with Crippen LogP contribution in [0.5, 0.6) is 0 Å². The molecule has 0 bridgehead atoms. The fraction of sp³-hybridized carbons (Fsp3) is 1.00. The van der Waals surface area contributed by atoms with Crippen molar-refractivity contribution < 1.29 is 13.3 Å². The molecule has 1 N–H and O–H groups in total. The van der Waals surface area contributed by atoms with Crippen molar-refractivity contribution in [3.05, 3.63) is 0 Å². The summed E-state index contributed by atoms with van der Waals surface area (Å²) in [5.41, 5.74) is 0. The first-order chi connectivity index (χ1) is 3.56. The molecule has 0 aliphatic carbocycles. The van der Waals surface area contributed by atoms with Gasteiger partial charge in [-0.2, -0.15) is 8.42 Å². The van der Waals surface area contributed by atoms with Crippen LogP contribution in [0.3, 0.4) is 0 Å². The maximum atomic E-state index is 9.92. The minimum Gasteiger partial charge on any atom is -0.286 e. The quantitative estimate of drug-likeness (QED) is 0.466. The van der Waals surface area contributed by atoms with Crippen molar-refractivity contribution >= 4 is 19.9 Å². The van der Waals surface area contributed by atoms with Crippen LogP contribution in [0.1, 0.15) is 6.92 Å². The Bertz CT molecular complexity index is 141. The van der Waals surface area contributed by atoms with Gasteiger partial charge in [-0.1, -0.05) is 4.89 Å². The SMILES string of the molecule is CCONS(=O)(=O)Cl. The van der Waals surface area contributed by atoms with E-state index >= 15 is 0 Å². The van der Waals surface area contributed by atoms with E-state index in [0.717, 1.165) is 0 Å². The van der Waals surface area contributed by atoms with Crippen LogP contribution >= 0.6 is 10.7 Å². The number of halogens is 1. The van der Waals surface area contributed by atoms with Crippen LogP contribution in [0.2, 0.25) is 0 Å². The first kappa shape index (κ1) is 8.16. The van der Waals surface area contributed by atoms with Gasteiger partial charge in [0.25, 0.3) is 0 Å². The van der Waals surface area contributed by atoms with E-state index in [0.29, 0.717) is 0 Å². The molecule has 0 atom stereocenters. The second-order valence-electron chi connectivity index (χ2n) is 0.954. The summed E-state index contributed by atoms with van der Waals surface area (Å²) in [5, 5.41) is 0. The summed E-state index contributed by atoms with van der Waals surface area (Å²) in [7, 11) is 0.962. The molecule has 0 spiro atoms. The van der Waals surface area contributed by atoms with Crippen LogP contribution in [-0.2, 0) is 14.1 Å². The molecule has 8 heavy (non-hydrogen) atoms. The Balaban J connectivity index is 3.42. The summed E-state index contributed by atoms with van der Waals surface area (Å²) in [6.07, 6.45) is 0. The fourth-order valence-electron chi connectivity index (χ4n) is 0.129. The maximum absolute atomic E-state index is 9.92. The zero-order valence-electron chi connectivity index (χ0n) is 4.22. The number of nitrogens with one attached hydrogen (secondary N) is 1. The molecule has 50 valence electrons. The van der Waals surface area contributed by atoms with Crippen LogP contribution in [0.25, 0.3) is 0 Å². The van der Waals surface area contributed by atoms with Crippen molar-refractivity contribution in [2.45, 2.75) is 6.92 Å². The Morgan fingerprint density at radius 1 is 1.75 bits per heavy atom. The van der Waals surface area contributed by atoms with Crippen LogP contribution < -0.4 is 4.89 Å². The highest BCUT2D eigenvalue weighted by Gasteiger charge is 1.99. The predicted molar refractivity (Wildman–Crippen MR) is 29.5 cm³/mol. The Morgan fingerprint density at radius 3 is 2.38 bits per heavy atom. The van der Waals surface area contributed by atoms with E-state index < -0.39 is 9.24 Å². The second kappa shape index (κ2) is 3.24. The Kier molecular flexibility index (Phi) is 3.30. The van der Waals surface area contributed by atoms with Gasteiger partial charge in [0, 0.05) is 10.7 Å². The zero-order valence-corrected chi connectivity index (χ0v) is 5.79. The van der Waals surface area contributed by atoms with E-state index in [4.69, 9.17) is 0 Å². The Labute approximate surface area is 52.3 Å². The van der Waals surface area contributed by atoms with Crippen molar-refractivity contribution in [3.8, 4) is 0 Å². The molecule has 0 unspecified atom stereocenters. The molecule has 0 rings (SSSR count). The predicted octanol–water partition coefficient (Wildman–Crippen LogP) is 0.0111. The lowest BCUT2D eigenvalue weighted by Gasteiger charge is -1.94. The van der Waals surface area contributed by atoms with Gasteiger partial charge in [0.1, 0.15) is 0 Å². The van der Waals surface area contributed by atoms with Crippen molar-refractivity contribution in [2.24, 2.45) is 0 Å². The number of rotatable bonds is 3. The summed E-state index contributed by atoms with van der Waals surface area (Å²) < 4.78 is 19.8. The number of hydrogen-bond donors (Lipinski definition) is 1. The molecule has 0 aromatic rings. The Morgan fingerprint density at radius 2 is 2.25 bits per heavy atom. The maximum Gasteiger partial charge on any atom is 0.319 e. The van der Waals surface area contributed by atoms with Gasteiger partial charge < -0.3 is 0 Å². The molecule has 0 fully saturated rings. The van der Waals surface area contributed by atoms with E-state index in [1.54, 1.807) is 11.8 Å². The topological polar surface area (TPSA) is 55.4 Å². The third-order valence-electron chi connectivity index (χ3n) is 0.303. The molecule has 0 aliphatic heterocycles. The average Bonchev–Trinajstić information content (AvgIpc) is 1.59. The summed E-state index contributed by atoms with van der Waals surface area (Å²) in [4.78, 5) is 5.84. The lowest BCUT2D eigenvalue weighted by molar-refractivity contribution is 0.107. The largest absolute Gasteiger partial charge is 0.319 e. The molecule has 0 saturated carbocycles. The molecule has 0 amide bonds. The molecule has 0 heterocycles. The minimum atomic E-state index is -3.69. The van der Waals surface area contributed by atoms with E-state index in [1.165, 1.54) is 0 Å². The van der Waals surface area contributed by atoms with Crippen molar-refractivity contribution in [1.29, 1.82) is 0 Å². The van der Waals surface area contributed by atoms with Crippen molar-refractivity contribution in [2.75, 3.05) is 6.61 Å². The zero-order chi connectivity index (χ0) is 6.62. The molecule has 0 saturated heterocycles. The molecule has 0 aromatic carbocycles. The van der Waals surface area contributed by atoms with Crippen LogP contribution in [0, 0.1) is 0 Å². The molecule has 0 aromatic heterocycles. The highest BCUT2D eigenvalue weighted by molar-refractivity contribution is 8.12. The first-order valence-electron chi connectivity index (χ1n) is 1.89. The van der Waals surface area contributed by atoms with Gasteiger partial charge in [-0.25, -0.2) is 0 Å². The Hall–Kier alpha value is 0.160. The van der Waals surface area contributed by atoms with Crippen molar-refractivity contribution in [3.63, 3.8) is 0 Å². The van der Waals surface area contributed by atoms with E-state index in [9.17, 15) is 8.42 Å². The van der Waals surface area contributed by atoms with Gasteiger partial charge in [-0.15, -0.1) is 0 Å². The fourth-order valence-corrected chi connectivity index (χ4v) is 0.522. The standard InChI is InChI=1S/C2H6ClNO3S/c1-2-7-4-8(3,5)6/h4H,2H2,1H3. The molecule has 0 aliphatic rings. The lowest BCUT2D eigenvalue weighted by Crippen LogP contribution is -2.17. The first-order valence-corrected chi connectivity index (χ1v) is 4.20. The molecule has 6 heteroatoms. The highest BCUT2D eigenvalue weighted by atomic mass is 35.7. The van der Waals surface area contributed by atoms with Gasteiger partial charge in [-0.3, -0.25) is 4.84 Å². The van der Waals surface area contributed by atoms with E-state index in [2.05, 4.69) is 15.5 Å². The second-order valence-corrected chi connectivity index (χ2v) is 3.22. The summed E-state index contributed by atoms with van der Waals surface area (Å²) in [6, 6.07) is 0. The smallest absolute Gasteiger partial charge is 0.286 e. The van der Waals surface area contributed by atoms with Gasteiger partial charge in [0.2, 0.25) is 0 Å². The summed E-state index contributed by atoms with van der Waals surface area (Å²) >= 11 is 0.